The smallest absolute Gasteiger partial charge is 0.273 e. The average molecular weight is 408 g/mol. The second kappa shape index (κ2) is 9.52. The Morgan fingerprint density at radius 2 is 1.72 bits per heavy atom. The summed E-state index contributed by atoms with van der Waals surface area (Å²) in [5, 5.41) is 7.25. The van der Waals surface area contributed by atoms with Crippen molar-refractivity contribution in [3.05, 3.63) is 94.5 Å². The standard InChI is InChI=1S/C22H18ClN3O3/c1-29-18-6-4-5-15(13-18)14-24-26-22(28)19-7-2-3-8-20(19)25-21(27)16-9-11-17(23)12-10-16/h2-14H,1H3,(H,25,27)(H,26,28)/b24-14-. The van der Waals surface area contributed by atoms with E-state index in [1.165, 1.54) is 6.21 Å². The van der Waals surface area contributed by atoms with Crippen molar-refractivity contribution < 1.29 is 14.3 Å². The van der Waals surface area contributed by atoms with E-state index in [9.17, 15) is 9.59 Å². The maximum Gasteiger partial charge on any atom is 0.273 e. The average Bonchev–Trinajstić information content (AvgIpc) is 2.74. The van der Waals surface area contributed by atoms with Crippen LogP contribution in [-0.4, -0.2) is 25.1 Å². The number of nitrogens with zero attached hydrogens (tertiary/aromatic N) is 1. The minimum Gasteiger partial charge on any atom is -0.497 e. The molecule has 2 N–H and O–H groups in total. The molecule has 0 radical (unpaired) electrons. The first kappa shape index (κ1) is 20.1. The molecule has 7 heteroatoms. The third-order valence-corrected chi connectivity index (χ3v) is 4.25. The molecular weight excluding hydrogens is 390 g/mol. The first-order valence-corrected chi connectivity index (χ1v) is 9.08. The van der Waals surface area contributed by atoms with Crippen molar-refractivity contribution in [2.75, 3.05) is 12.4 Å². The van der Waals surface area contributed by atoms with Crippen LogP contribution in [0.3, 0.4) is 0 Å². The van der Waals surface area contributed by atoms with Crippen LogP contribution in [0.2, 0.25) is 5.02 Å². The van der Waals surface area contributed by atoms with Gasteiger partial charge < -0.3 is 10.1 Å². The van der Waals surface area contributed by atoms with Gasteiger partial charge in [0.15, 0.2) is 0 Å². The number of anilines is 1. The zero-order valence-corrected chi connectivity index (χ0v) is 16.3. The highest BCUT2D eigenvalue weighted by Gasteiger charge is 2.13. The van der Waals surface area contributed by atoms with E-state index in [0.29, 0.717) is 22.0 Å². The molecule has 3 rings (SSSR count). The Kier molecular flexibility index (Phi) is 6.60. The third-order valence-electron chi connectivity index (χ3n) is 4.00. The van der Waals surface area contributed by atoms with Crippen LogP contribution in [0.4, 0.5) is 5.69 Å². The lowest BCUT2D eigenvalue weighted by Crippen LogP contribution is -2.21. The van der Waals surface area contributed by atoms with E-state index in [2.05, 4.69) is 15.8 Å². The first-order valence-electron chi connectivity index (χ1n) is 8.70. The number of rotatable bonds is 6. The summed E-state index contributed by atoms with van der Waals surface area (Å²) in [6, 6.07) is 20.4. The largest absolute Gasteiger partial charge is 0.497 e. The molecule has 0 atom stereocenters. The zero-order chi connectivity index (χ0) is 20.6. The van der Waals surface area contributed by atoms with Gasteiger partial charge in [-0.1, -0.05) is 35.9 Å². The molecule has 0 heterocycles. The molecule has 0 aliphatic rings. The van der Waals surface area contributed by atoms with Crippen molar-refractivity contribution in [2.24, 2.45) is 5.10 Å². The van der Waals surface area contributed by atoms with Crippen molar-refractivity contribution in [1.82, 2.24) is 5.43 Å². The van der Waals surface area contributed by atoms with Gasteiger partial charge in [0, 0.05) is 10.6 Å². The van der Waals surface area contributed by atoms with Gasteiger partial charge in [-0.2, -0.15) is 5.10 Å². The van der Waals surface area contributed by atoms with E-state index in [1.54, 1.807) is 61.7 Å². The van der Waals surface area contributed by atoms with E-state index >= 15 is 0 Å². The number of nitrogens with one attached hydrogen (secondary N) is 2. The van der Waals surface area contributed by atoms with Crippen molar-refractivity contribution in [3.8, 4) is 5.75 Å². The summed E-state index contributed by atoms with van der Waals surface area (Å²) in [5.74, 6) is -0.103. The topological polar surface area (TPSA) is 79.8 Å². The van der Waals surface area contributed by atoms with Gasteiger partial charge in [-0.25, -0.2) is 5.43 Å². The van der Waals surface area contributed by atoms with Crippen LogP contribution in [-0.2, 0) is 0 Å². The van der Waals surface area contributed by atoms with Crippen molar-refractivity contribution in [1.29, 1.82) is 0 Å². The number of hydrogen-bond acceptors (Lipinski definition) is 4. The fraction of sp³-hybridized carbons (Fsp3) is 0.0455. The predicted octanol–water partition coefficient (Wildman–Crippen LogP) is 4.36. The van der Waals surface area contributed by atoms with Gasteiger partial charge in [0.25, 0.3) is 11.8 Å². The Morgan fingerprint density at radius 1 is 0.966 bits per heavy atom. The van der Waals surface area contributed by atoms with Crippen molar-refractivity contribution in [3.63, 3.8) is 0 Å². The molecule has 146 valence electrons. The monoisotopic (exact) mass is 407 g/mol. The lowest BCUT2D eigenvalue weighted by atomic mass is 10.1. The number of ether oxygens (including phenoxy) is 1. The van der Waals surface area contributed by atoms with Gasteiger partial charge >= 0.3 is 0 Å². The molecule has 3 aromatic rings. The molecule has 2 amide bonds. The number of halogens is 1. The van der Waals surface area contributed by atoms with Crippen LogP contribution < -0.4 is 15.5 Å². The number of carbonyl (C=O) groups excluding carboxylic acids is 2. The minimum absolute atomic E-state index is 0.289. The van der Waals surface area contributed by atoms with Gasteiger partial charge in [-0.05, 0) is 54.1 Å². The normalized spacial score (nSPS) is 10.6. The van der Waals surface area contributed by atoms with E-state index in [-0.39, 0.29) is 11.5 Å². The first-order chi connectivity index (χ1) is 14.1. The van der Waals surface area contributed by atoms with E-state index in [4.69, 9.17) is 16.3 Å². The number of benzene rings is 3. The summed E-state index contributed by atoms with van der Waals surface area (Å²) in [4.78, 5) is 25.0. The fourth-order valence-corrected chi connectivity index (χ4v) is 2.66. The van der Waals surface area contributed by atoms with Gasteiger partial charge in [-0.3, -0.25) is 9.59 Å². The molecule has 29 heavy (non-hydrogen) atoms. The number of hydrogen-bond donors (Lipinski definition) is 2. The van der Waals surface area contributed by atoms with Crippen LogP contribution in [0.5, 0.6) is 5.75 Å². The molecule has 0 saturated heterocycles. The lowest BCUT2D eigenvalue weighted by Gasteiger charge is -2.10. The second-order valence-electron chi connectivity index (χ2n) is 5.98. The summed E-state index contributed by atoms with van der Waals surface area (Å²) in [7, 11) is 1.58. The van der Waals surface area contributed by atoms with E-state index in [1.807, 2.05) is 18.2 Å². The van der Waals surface area contributed by atoms with Crippen LogP contribution in [0.1, 0.15) is 26.3 Å². The minimum atomic E-state index is -0.448. The SMILES string of the molecule is COc1cccc(/C=N\NC(=O)c2ccccc2NC(=O)c2ccc(Cl)cc2)c1. The Balaban J connectivity index is 1.70. The van der Waals surface area contributed by atoms with Gasteiger partial charge in [0.1, 0.15) is 5.75 Å². The van der Waals surface area contributed by atoms with Gasteiger partial charge in [0.2, 0.25) is 0 Å². The zero-order valence-electron chi connectivity index (χ0n) is 15.6. The van der Waals surface area contributed by atoms with E-state index < -0.39 is 5.91 Å². The van der Waals surface area contributed by atoms with Crippen molar-refractivity contribution >= 4 is 35.3 Å². The summed E-state index contributed by atoms with van der Waals surface area (Å²) in [6.45, 7) is 0. The van der Waals surface area contributed by atoms with Gasteiger partial charge in [0.05, 0.1) is 24.6 Å². The quantitative estimate of drug-likeness (QED) is 0.470. The molecule has 6 nitrogen and oxygen atoms in total. The number of methoxy groups -OCH3 is 1. The van der Waals surface area contributed by atoms with Crippen molar-refractivity contribution in [2.45, 2.75) is 0 Å². The van der Waals surface area contributed by atoms with Crippen LogP contribution >= 0.6 is 11.6 Å². The maximum absolute atomic E-state index is 12.5. The highest BCUT2D eigenvalue weighted by Crippen LogP contribution is 2.17. The second-order valence-corrected chi connectivity index (χ2v) is 6.42. The molecule has 0 aliphatic carbocycles. The number of hydrazone groups is 1. The Morgan fingerprint density at radius 3 is 2.48 bits per heavy atom. The summed E-state index contributed by atoms with van der Waals surface area (Å²) in [5.41, 5.74) is 4.34. The predicted molar refractivity (Wildman–Crippen MR) is 114 cm³/mol. The Bertz CT molecular complexity index is 1050. The molecule has 0 saturated carbocycles. The molecule has 0 spiro atoms. The van der Waals surface area contributed by atoms with E-state index in [0.717, 1.165) is 5.56 Å². The molecule has 0 aromatic heterocycles. The third kappa shape index (κ3) is 5.43. The number of para-hydroxylation sites is 1. The molecule has 3 aromatic carbocycles. The molecule has 0 unspecified atom stereocenters. The van der Waals surface area contributed by atoms with Crippen LogP contribution in [0.15, 0.2) is 77.9 Å². The number of amides is 2. The molecule has 0 fully saturated rings. The molecule has 0 aliphatic heterocycles. The number of carbonyl (C=O) groups is 2. The summed E-state index contributed by atoms with van der Waals surface area (Å²) >= 11 is 5.85. The fourth-order valence-electron chi connectivity index (χ4n) is 2.53. The van der Waals surface area contributed by atoms with Gasteiger partial charge in [-0.15, -0.1) is 0 Å². The summed E-state index contributed by atoms with van der Waals surface area (Å²) in [6.07, 6.45) is 1.51. The highest BCUT2D eigenvalue weighted by atomic mass is 35.5. The summed E-state index contributed by atoms with van der Waals surface area (Å²) < 4.78 is 5.15. The molecule has 0 bridgehead atoms. The maximum atomic E-state index is 12.5. The van der Waals surface area contributed by atoms with Crippen LogP contribution in [0, 0.1) is 0 Å². The highest BCUT2D eigenvalue weighted by molar-refractivity contribution is 6.30. The lowest BCUT2D eigenvalue weighted by molar-refractivity contribution is 0.0956. The Labute approximate surface area is 173 Å². The molecular formula is C22H18ClN3O3. The Hall–Kier alpha value is -3.64. The van der Waals surface area contributed by atoms with Crippen LogP contribution in [0.25, 0.3) is 0 Å².